The van der Waals surface area contributed by atoms with Crippen molar-refractivity contribution in [2.24, 2.45) is 16.7 Å². The van der Waals surface area contributed by atoms with Gasteiger partial charge < -0.3 is 24.8 Å². The maximum Gasteiger partial charge on any atom is 0.325 e. The Morgan fingerprint density at radius 3 is 2.41 bits per heavy atom. The number of carbonyl (C=O) groups is 3. The second-order valence-corrected chi connectivity index (χ2v) is 9.62. The second kappa shape index (κ2) is 11.7. The molecule has 1 saturated carbocycles. The molecular weight excluding hydrogens is 412 g/mol. The normalized spacial score (nSPS) is 21.8. The van der Waals surface area contributed by atoms with E-state index in [2.05, 4.69) is 36.1 Å². The van der Waals surface area contributed by atoms with Crippen LogP contribution in [0.4, 0.5) is 4.79 Å². The number of carbonyl (C=O) groups excluding carboxylic acids is 3. The van der Waals surface area contributed by atoms with Crippen molar-refractivity contribution in [2.45, 2.75) is 46.5 Å². The van der Waals surface area contributed by atoms with Gasteiger partial charge >= 0.3 is 18.0 Å². The topological polar surface area (TPSA) is 103 Å². The highest BCUT2D eigenvalue weighted by Crippen LogP contribution is 2.49. The largest absolute Gasteiger partial charge is 0.490 e. The molecule has 2 N–H and O–H groups in total. The molecular formula is C24H36N2O6. The molecule has 8 nitrogen and oxygen atoms in total. The Morgan fingerprint density at radius 2 is 1.72 bits per heavy atom. The Morgan fingerprint density at radius 1 is 1.00 bits per heavy atom. The van der Waals surface area contributed by atoms with E-state index in [1.807, 2.05) is 30.3 Å². The van der Waals surface area contributed by atoms with Crippen molar-refractivity contribution in [3.05, 3.63) is 30.3 Å². The number of nitrogens with one attached hydrogen (secondary N) is 2. The maximum absolute atomic E-state index is 12.4. The highest BCUT2D eigenvalue weighted by molar-refractivity contribution is 5.80. The fraction of sp³-hybridized carbons (Fsp3) is 0.625. The van der Waals surface area contributed by atoms with Crippen LogP contribution in [0, 0.1) is 16.7 Å². The fourth-order valence-electron chi connectivity index (χ4n) is 4.84. The first kappa shape index (κ1) is 25.5. The Kier molecular flexibility index (Phi) is 9.35. The second-order valence-electron chi connectivity index (χ2n) is 9.62. The zero-order chi connectivity index (χ0) is 23.6. The number of amides is 2. The molecule has 0 aromatic heterocycles. The third-order valence-electron chi connectivity index (χ3n) is 5.64. The molecule has 0 aliphatic heterocycles. The summed E-state index contributed by atoms with van der Waals surface area (Å²) in [5.41, 5.74) is -0.121. The number of hydrogen-bond donors (Lipinski definition) is 2. The molecule has 32 heavy (non-hydrogen) atoms. The quantitative estimate of drug-likeness (QED) is 0.421. The van der Waals surface area contributed by atoms with Crippen LogP contribution in [0.3, 0.4) is 0 Å². The molecule has 2 unspecified atom stereocenters. The molecule has 2 atom stereocenters. The molecule has 1 aromatic carbocycles. The number of ether oxygens (including phenoxy) is 3. The van der Waals surface area contributed by atoms with E-state index in [-0.39, 0.29) is 35.9 Å². The minimum atomic E-state index is -0.502. The molecule has 0 heterocycles. The summed E-state index contributed by atoms with van der Waals surface area (Å²) in [6, 6.07) is 9.00. The van der Waals surface area contributed by atoms with Crippen LogP contribution in [-0.4, -0.2) is 51.4 Å². The molecule has 1 aliphatic rings. The molecule has 1 fully saturated rings. The lowest BCUT2D eigenvalue weighted by molar-refractivity contribution is -0.146. The van der Waals surface area contributed by atoms with Crippen molar-refractivity contribution in [1.82, 2.24) is 10.6 Å². The van der Waals surface area contributed by atoms with Crippen LogP contribution in [0.1, 0.15) is 46.5 Å². The summed E-state index contributed by atoms with van der Waals surface area (Å²) in [5, 5.41) is 5.34. The lowest BCUT2D eigenvalue weighted by atomic mass is 9.60. The minimum Gasteiger partial charge on any atom is -0.490 e. The summed E-state index contributed by atoms with van der Waals surface area (Å²) in [7, 11) is 1.27. The van der Waals surface area contributed by atoms with Gasteiger partial charge in [0.1, 0.15) is 25.5 Å². The third kappa shape index (κ3) is 9.16. The molecule has 8 heteroatoms. The predicted octanol–water partition coefficient (Wildman–Crippen LogP) is 3.30. The van der Waals surface area contributed by atoms with E-state index >= 15 is 0 Å². The minimum absolute atomic E-state index is 0.0402. The number of urea groups is 1. The van der Waals surface area contributed by atoms with E-state index in [1.165, 1.54) is 7.11 Å². The van der Waals surface area contributed by atoms with Crippen molar-refractivity contribution in [3.63, 3.8) is 0 Å². The first-order chi connectivity index (χ1) is 15.1. The molecule has 1 aliphatic carbocycles. The zero-order valence-electron chi connectivity index (χ0n) is 19.6. The van der Waals surface area contributed by atoms with Crippen LogP contribution in [0.15, 0.2) is 30.3 Å². The van der Waals surface area contributed by atoms with E-state index < -0.39 is 12.0 Å². The summed E-state index contributed by atoms with van der Waals surface area (Å²) in [5.74, 6) is 0.191. The highest BCUT2D eigenvalue weighted by Gasteiger charge is 2.42. The molecule has 2 rings (SSSR count). The highest BCUT2D eigenvalue weighted by atomic mass is 16.6. The van der Waals surface area contributed by atoms with Crippen molar-refractivity contribution >= 4 is 18.0 Å². The average molecular weight is 449 g/mol. The summed E-state index contributed by atoms with van der Waals surface area (Å²) in [6.45, 7) is 7.31. The van der Waals surface area contributed by atoms with Crippen LogP contribution >= 0.6 is 0 Å². The van der Waals surface area contributed by atoms with Crippen molar-refractivity contribution in [3.8, 4) is 5.75 Å². The number of para-hydroxylation sites is 1. The Hall–Kier alpha value is -2.77. The molecule has 178 valence electrons. The number of rotatable bonds is 10. The van der Waals surface area contributed by atoms with E-state index in [1.54, 1.807) is 0 Å². The maximum atomic E-state index is 12.4. The first-order valence-corrected chi connectivity index (χ1v) is 11.0. The van der Waals surface area contributed by atoms with Gasteiger partial charge in [0.15, 0.2) is 0 Å². The number of benzene rings is 1. The molecule has 1 aromatic rings. The van der Waals surface area contributed by atoms with Crippen LogP contribution in [0.5, 0.6) is 5.75 Å². The predicted molar refractivity (Wildman–Crippen MR) is 120 cm³/mol. The molecule has 0 bridgehead atoms. The van der Waals surface area contributed by atoms with Gasteiger partial charge in [-0.05, 0) is 48.1 Å². The van der Waals surface area contributed by atoms with E-state index in [0.717, 1.165) is 25.0 Å². The van der Waals surface area contributed by atoms with Gasteiger partial charge in [0, 0.05) is 13.0 Å². The third-order valence-corrected chi connectivity index (χ3v) is 5.64. The Labute approximate surface area is 190 Å². The number of hydrogen-bond acceptors (Lipinski definition) is 6. The standard InChI is InChI=1S/C24H36N2O6/c1-23(2)13-18(12-20(27)32-11-10-31-19-8-6-5-7-9-19)14-24(3,16-23)17-26-22(29)25-15-21(28)30-4/h5-9,18H,10-17H2,1-4H3,(H2,25,26,29). The van der Waals surface area contributed by atoms with Gasteiger partial charge in [-0.3, -0.25) is 9.59 Å². The summed E-state index contributed by atoms with van der Waals surface area (Å²) < 4.78 is 15.5. The smallest absolute Gasteiger partial charge is 0.325 e. The fourth-order valence-corrected chi connectivity index (χ4v) is 4.84. The van der Waals surface area contributed by atoms with Gasteiger partial charge in [0.05, 0.1) is 7.11 Å². The first-order valence-electron chi connectivity index (χ1n) is 11.0. The molecule has 2 amide bonds. The molecule has 0 spiro atoms. The Balaban J connectivity index is 1.78. The van der Waals surface area contributed by atoms with Gasteiger partial charge in [0.2, 0.25) is 0 Å². The summed E-state index contributed by atoms with van der Waals surface area (Å²) in [6.07, 6.45) is 3.00. The van der Waals surface area contributed by atoms with E-state index in [0.29, 0.717) is 19.6 Å². The van der Waals surface area contributed by atoms with Crippen LogP contribution < -0.4 is 15.4 Å². The van der Waals surface area contributed by atoms with E-state index in [4.69, 9.17) is 9.47 Å². The van der Waals surface area contributed by atoms with E-state index in [9.17, 15) is 14.4 Å². The zero-order valence-corrected chi connectivity index (χ0v) is 19.6. The SMILES string of the molecule is COC(=O)CNC(=O)NCC1(C)CC(CC(=O)OCCOc2ccccc2)CC(C)(C)C1. The molecule has 0 radical (unpaired) electrons. The van der Waals surface area contributed by atoms with Gasteiger partial charge in [0.25, 0.3) is 0 Å². The molecule has 0 saturated heterocycles. The number of esters is 2. The van der Waals surface area contributed by atoms with Crippen LogP contribution in [0.2, 0.25) is 0 Å². The van der Waals surface area contributed by atoms with Crippen LogP contribution in [-0.2, 0) is 19.1 Å². The van der Waals surface area contributed by atoms with Gasteiger partial charge in [-0.2, -0.15) is 0 Å². The summed E-state index contributed by atoms with van der Waals surface area (Å²) >= 11 is 0. The lowest BCUT2D eigenvalue weighted by Crippen LogP contribution is -2.47. The average Bonchev–Trinajstić information content (AvgIpc) is 2.73. The lowest BCUT2D eigenvalue weighted by Gasteiger charge is -2.46. The Bertz CT molecular complexity index is 767. The monoisotopic (exact) mass is 448 g/mol. The van der Waals surface area contributed by atoms with Crippen molar-refractivity contribution in [2.75, 3.05) is 33.4 Å². The van der Waals surface area contributed by atoms with Crippen molar-refractivity contribution in [1.29, 1.82) is 0 Å². The van der Waals surface area contributed by atoms with Gasteiger partial charge in [-0.1, -0.05) is 39.0 Å². The van der Waals surface area contributed by atoms with Gasteiger partial charge in [-0.15, -0.1) is 0 Å². The van der Waals surface area contributed by atoms with Gasteiger partial charge in [-0.25, -0.2) is 4.79 Å². The number of methoxy groups -OCH3 is 1. The van der Waals surface area contributed by atoms with Crippen LogP contribution in [0.25, 0.3) is 0 Å². The van der Waals surface area contributed by atoms with Crippen molar-refractivity contribution < 1.29 is 28.6 Å². The summed E-state index contributed by atoms with van der Waals surface area (Å²) in [4.78, 5) is 35.6.